The number of urea groups is 1. The average molecular weight is 488 g/mol. The number of ether oxygens (including phenoxy) is 1. The Bertz CT molecular complexity index is 1410. The molecule has 7 nitrogen and oxygen atoms in total. The van der Waals surface area contributed by atoms with Gasteiger partial charge in [-0.15, -0.1) is 0 Å². The number of amides is 2. The molecule has 3 aromatic carbocycles. The predicted octanol–water partition coefficient (Wildman–Crippen LogP) is 5.72. The van der Waals surface area contributed by atoms with Crippen LogP contribution in [-0.2, 0) is 6.54 Å². The largest absolute Gasteiger partial charge is 0.497 e. The van der Waals surface area contributed by atoms with E-state index in [2.05, 4.69) is 15.5 Å². The second-order valence-electron chi connectivity index (χ2n) is 8.30. The van der Waals surface area contributed by atoms with Crippen LogP contribution in [0.2, 0.25) is 0 Å². The van der Waals surface area contributed by atoms with E-state index in [1.165, 1.54) is 24.3 Å². The van der Waals surface area contributed by atoms with Gasteiger partial charge in [-0.2, -0.15) is 4.98 Å². The minimum absolute atomic E-state index is 0.195. The van der Waals surface area contributed by atoms with Gasteiger partial charge in [0, 0.05) is 11.3 Å². The van der Waals surface area contributed by atoms with Crippen molar-refractivity contribution in [3.63, 3.8) is 0 Å². The third-order valence-electron chi connectivity index (χ3n) is 6.06. The summed E-state index contributed by atoms with van der Waals surface area (Å²) in [5, 5.41) is 7.05. The first kappa shape index (κ1) is 23.2. The molecule has 0 aliphatic carbocycles. The monoisotopic (exact) mass is 488 g/mol. The molecule has 1 aliphatic rings. The lowest BCUT2D eigenvalue weighted by atomic mass is 9.94. The zero-order valence-electron chi connectivity index (χ0n) is 19.5. The molecule has 1 atom stereocenters. The highest BCUT2D eigenvalue weighted by Crippen LogP contribution is 2.38. The van der Waals surface area contributed by atoms with Gasteiger partial charge in [-0.1, -0.05) is 29.4 Å². The van der Waals surface area contributed by atoms with E-state index in [1.54, 1.807) is 43.2 Å². The number of benzene rings is 3. The Kier molecular flexibility index (Phi) is 6.20. The van der Waals surface area contributed by atoms with Gasteiger partial charge in [0.05, 0.1) is 25.3 Å². The van der Waals surface area contributed by atoms with Crippen LogP contribution in [0.1, 0.15) is 30.0 Å². The van der Waals surface area contributed by atoms with Gasteiger partial charge >= 0.3 is 6.03 Å². The fourth-order valence-corrected chi connectivity index (χ4v) is 4.12. The van der Waals surface area contributed by atoms with E-state index in [4.69, 9.17) is 9.26 Å². The summed E-state index contributed by atoms with van der Waals surface area (Å²) in [4.78, 5) is 19.3. The molecule has 9 heteroatoms. The normalized spacial score (nSPS) is 15.7. The Morgan fingerprint density at radius 1 is 0.972 bits per heavy atom. The number of aromatic nitrogens is 2. The summed E-state index contributed by atoms with van der Waals surface area (Å²) in [6, 6.07) is 18.0. The lowest BCUT2D eigenvalue weighted by Gasteiger charge is -2.35. The number of allylic oxidation sites excluding steroid dienone is 1. The highest BCUT2D eigenvalue weighted by atomic mass is 19.1. The van der Waals surface area contributed by atoms with Crippen molar-refractivity contribution in [3.8, 4) is 17.1 Å². The number of hydrogen-bond donors (Lipinski definition) is 1. The maximum absolute atomic E-state index is 13.6. The number of carbonyl (C=O) groups excluding carboxylic acids is 1. The van der Waals surface area contributed by atoms with E-state index in [-0.39, 0.29) is 29.4 Å². The molecule has 0 radical (unpaired) electrons. The molecule has 1 N–H and O–H groups in total. The molecule has 4 aromatic rings. The molecule has 5 rings (SSSR count). The summed E-state index contributed by atoms with van der Waals surface area (Å²) in [6.07, 6.45) is 0. The summed E-state index contributed by atoms with van der Waals surface area (Å²) in [6.45, 7) is 2.09. The van der Waals surface area contributed by atoms with Gasteiger partial charge in [0.15, 0.2) is 0 Å². The summed E-state index contributed by atoms with van der Waals surface area (Å²) in [5.74, 6) is 0.426. The number of carbonyl (C=O) groups is 1. The highest BCUT2D eigenvalue weighted by Gasteiger charge is 2.35. The van der Waals surface area contributed by atoms with Crippen molar-refractivity contribution >= 4 is 11.6 Å². The van der Waals surface area contributed by atoms with E-state index in [0.29, 0.717) is 34.7 Å². The molecule has 1 unspecified atom stereocenters. The van der Waals surface area contributed by atoms with Crippen LogP contribution in [0.5, 0.6) is 5.75 Å². The van der Waals surface area contributed by atoms with Crippen molar-refractivity contribution in [1.29, 1.82) is 0 Å². The standard InChI is InChI=1S/C27H22F2N4O3/c1-16-23(26-31-25(32-36-26)19-7-11-21(29)12-8-19)24(18-5-9-20(28)10-6-18)30-27(34)33(16)15-17-3-13-22(35-2)14-4-17/h3-14,24H,15H2,1-2H3,(H,30,34). The third-order valence-corrected chi connectivity index (χ3v) is 6.06. The van der Waals surface area contributed by atoms with Gasteiger partial charge in [-0.25, -0.2) is 13.6 Å². The second-order valence-corrected chi connectivity index (χ2v) is 8.30. The van der Waals surface area contributed by atoms with Crippen molar-refractivity contribution in [2.75, 3.05) is 7.11 Å². The van der Waals surface area contributed by atoms with E-state index >= 15 is 0 Å². The lowest BCUT2D eigenvalue weighted by Crippen LogP contribution is -2.45. The quantitative estimate of drug-likeness (QED) is 0.375. The first-order valence-electron chi connectivity index (χ1n) is 11.2. The molecule has 2 amide bonds. The SMILES string of the molecule is COc1ccc(CN2C(=O)NC(c3ccc(F)cc3)C(c3nc(-c4ccc(F)cc4)no3)=C2C)cc1. The number of rotatable bonds is 6. The number of nitrogens with zero attached hydrogens (tertiary/aromatic N) is 3. The number of halogens is 2. The van der Waals surface area contributed by atoms with Crippen LogP contribution in [0.4, 0.5) is 13.6 Å². The Balaban J connectivity index is 1.57. The van der Waals surface area contributed by atoms with E-state index in [9.17, 15) is 13.6 Å². The van der Waals surface area contributed by atoms with E-state index < -0.39 is 6.04 Å². The summed E-state index contributed by atoms with van der Waals surface area (Å²) >= 11 is 0. The van der Waals surface area contributed by atoms with Crippen LogP contribution >= 0.6 is 0 Å². The maximum atomic E-state index is 13.6. The minimum atomic E-state index is -0.647. The van der Waals surface area contributed by atoms with Crippen LogP contribution in [0, 0.1) is 11.6 Å². The van der Waals surface area contributed by atoms with Gasteiger partial charge in [-0.3, -0.25) is 4.90 Å². The smallest absolute Gasteiger partial charge is 0.322 e. The van der Waals surface area contributed by atoms with Crippen LogP contribution in [0.3, 0.4) is 0 Å². The first-order chi connectivity index (χ1) is 17.4. The van der Waals surface area contributed by atoms with Crippen molar-refractivity contribution < 1.29 is 22.8 Å². The Morgan fingerprint density at radius 3 is 2.25 bits per heavy atom. The number of hydrogen-bond acceptors (Lipinski definition) is 5. The molecule has 182 valence electrons. The molecule has 0 saturated carbocycles. The van der Waals surface area contributed by atoms with E-state index in [1.807, 2.05) is 24.3 Å². The highest BCUT2D eigenvalue weighted by molar-refractivity contribution is 5.86. The Hall–Kier alpha value is -4.53. The van der Waals surface area contributed by atoms with Crippen molar-refractivity contribution in [2.45, 2.75) is 19.5 Å². The molecule has 1 aromatic heterocycles. The average Bonchev–Trinajstić information content (AvgIpc) is 3.37. The Labute approximate surface area is 206 Å². The van der Waals surface area contributed by atoms with Gasteiger partial charge < -0.3 is 14.6 Å². The molecule has 2 heterocycles. The zero-order valence-corrected chi connectivity index (χ0v) is 19.5. The van der Waals surface area contributed by atoms with Crippen LogP contribution in [-0.4, -0.2) is 28.2 Å². The zero-order chi connectivity index (χ0) is 25.2. The van der Waals surface area contributed by atoms with E-state index in [0.717, 1.165) is 5.56 Å². The molecule has 0 bridgehead atoms. The first-order valence-corrected chi connectivity index (χ1v) is 11.2. The van der Waals surface area contributed by atoms with Gasteiger partial charge in [0.1, 0.15) is 17.4 Å². The molecule has 0 spiro atoms. The van der Waals surface area contributed by atoms with Crippen molar-refractivity contribution in [3.05, 3.63) is 107 Å². The summed E-state index contributed by atoms with van der Waals surface area (Å²) < 4.78 is 37.8. The maximum Gasteiger partial charge on any atom is 0.322 e. The molecule has 0 fully saturated rings. The molecular weight excluding hydrogens is 466 g/mol. The Morgan fingerprint density at radius 2 is 1.61 bits per heavy atom. The van der Waals surface area contributed by atoms with Gasteiger partial charge in [0.2, 0.25) is 5.82 Å². The van der Waals surface area contributed by atoms with Gasteiger partial charge in [-0.05, 0) is 66.6 Å². The predicted molar refractivity (Wildman–Crippen MR) is 128 cm³/mol. The van der Waals surface area contributed by atoms with Crippen molar-refractivity contribution in [1.82, 2.24) is 20.4 Å². The second kappa shape index (κ2) is 9.61. The number of nitrogens with one attached hydrogen (secondary N) is 1. The fourth-order valence-electron chi connectivity index (χ4n) is 4.12. The van der Waals surface area contributed by atoms with Gasteiger partial charge in [0.25, 0.3) is 5.89 Å². The topological polar surface area (TPSA) is 80.5 Å². The minimum Gasteiger partial charge on any atom is -0.497 e. The summed E-state index contributed by atoms with van der Waals surface area (Å²) in [5.41, 5.74) is 3.32. The third kappa shape index (κ3) is 4.55. The van der Waals surface area contributed by atoms with Crippen LogP contribution in [0.25, 0.3) is 17.0 Å². The molecular formula is C27H22F2N4O3. The summed E-state index contributed by atoms with van der Waals surface area (Å²) in [7, 11) is 1.59. The fraction of sp³-hybridized carbons (Fsp3) is 0.148. The van der Waals surface area contributed by atoms with Crippen LogP contribution in [0.15, 0.2) is 83.0 Å². The number of methoxy groups -OCH3 is 1. The molecule has 36 heavy (non-hydrogen) atoms. The van der Waals surface area contributed by atoms with Crippen LogP contribution < -0.4 is 10.1 Å². The lowest BCUT2D eigenvalue weighted by molar-refractivity contribution is 0.203. The molecule has 1 aliphatic heterocycles. The van der Waals surface area contributed by atoms with Crippen molar-refractivity contribution in [2.24, 2.45) is 0 Å². The molecule has 0 saturated heterocycles.